The number of carboxylic acids is 3. The number of aliphatic carboxylic acids is 3. The number of hydrogen-bond donors (Lipinski definition) is 3. The maximum absolute atomic E-state index is 10.9. The van der Waals surface area contributed by atoms with E-state index in [2.05, 4.69) is 6.58 Å². The molecule has 0 rings (SSSR count). The molecule has 0 radical (unpaired) electrons. The summed E-state index contributed by atoms with van der Waals surface area (Å²) in [6.07, 6.45) is 1.09. The molecule has 0 aliphatic heterocycles. The summed E-state index contributed by atoms with van der Waals surface area (Å²) in [5.74, 6) is -4.68. The molecule has 0 aromatic carbocycles. The molecule has 6 heteroatoms. The minimum Gasteiger partial charge on any atom is -0.481 e. The van der Waals surface area contributed by atoms with Crippen molar-refractivity contribution in [2.24, 2.45) is 5.41 Å². The molecule has 16 heavy (non-hydrogen) atoms. The van der Waals surface area contributed by atoms with Gasteiger partial charge in [0.15, 0.2) is 5.41 Å². The molecule has 0 aliphatic carbocycles. The average Bonchev–Trinajstić information content (AvgIpc) is 2.15. The van der Waals surface area contributed by atoms with Gasteiger partial charge in [-0.25, -0.2) is 0 Å². The Labute approximate surface area is 92.2 Å². The van der Waals surface area contributed by atoms with Gasteiger partial charge in [-0.1, -0.05) is 6.08 Å². The first-order valence-electron chi connectivity index (χ1n) is 4.66. The summed E-state index contributed by atoms with van der Waals surface area (Å²) >= 11 is 0. The van der Waals surface area contributed by atoms with Crippen LogP contribution in [-0.2, 0) is 14.4 Å². The van der Waals surface area contributed by atoms with Gasteiger partial charge in [0.25, 0.3) is 0 Å². The van der Waals surface area contributed by atoms with Crippen molar-refractivity contribution < 1.29 is 29.7 Å². The highest BCUT2D eigenvalue weighted by atomic mass is 16.4. The Morgan fingerprint density at radius 2 is 1.62 bits per heavy atom. The van der Waals surface area contributed by atoms with Crippen LogP contribution >= 0.6 is 0 Å². The fraction of sp³-hybridized carbons (Fsp3) is 0.500. The van der Waals surface area contributed by atoms with Crippen LogP contribution in [0.1, 0.15) is 25.7 Å². The van der Waals surface area contributed by atoms with Crippen molar-refractivity contribution in [2.75, 3.05) is 0 Å². The van der Waals surface area contributed by atoms with Gasteiger partial charge in [-0.3, -0.25) is 14.4 Å². The van der Waals surface area contributed by atoms with Crippen molar-refractivity contribution in [3.8, 4) is 0 Å². The van der Waals surface area contributed by atoms with E-state index in [1.807, 2.05) is 0 Å². The van der Waals surface area contributed by atoms with Gasteiger partial charge in [0.1, 0.15) is 0 Å². The molecule has 0 aliphatic rings. The lowest BCUT2D eigenvalue weighted by Crippen LogP contribution is -2.41. The van der Waals surface area contributed by atoms with Gasteiger partial charge in [0.2, 0.25) is 0 Å². The summed E-state index contributed by atoms with van der Waals surface area (Å²) < 4.78 is 0. The van der Waals surface area contributed by atoms with E-state index in [1.54, 1.807) is 0 Å². The van der Waals surface area contributed by atoms with Gasteiger partial charge in [0, 0.05) is 0 Å². The maximum atomic E-state index is 10.9. The van der Waals surface area contributed by atoms with Crippen LogP contribution in [0.25, 0.3) is 0 Å². The van der Waals surface area contributed by atoms with Crippen molar-refractivity contribution in [2.45, 2.75) is 25.7 Å². The lowest BCUT2D eigenvalue weighted by Gasteiger charge is -2.22. The third-order valence-corrected chi connectivity index (χ3v) is 2.28. The lowest BCUT2D eigenvalue weighted by atomic mass is 9.79. The SMILES string of the molecule is C=CCCCC(CC(=O)O)(C(=O)O)C(=O)O. The number of carboxylic acid groups (broad SMARTS) is 3. The average molecular weight is 230 g/mol. The van der Waals surface area contributed by atoms with Crippen molar-refractivity contribution in [3.05, 3.63) is 12.7 Å². The molecule has 3 N–H and O–H groups in total. The topological polar surface area (TPSA) is 112 Å². The summed E-state index contributed by atoms with van der Waals surface area (Å²) in [5, 5.41) is 26.3. The molecule has 6 nitrogen and oxygen atoms in total. The first kappa shape index (κ1) is 14.2. The Kier molecular flexibility index (Phi) is 5.21. The molecule has 0 aromatic rings. The smallest absolute Gasteiger partial charge is 0.321 e. The van der Waals surface area contributed by atoms with Crippen LogP contribution in [0.15, 0.2) is 12.7 Å². The van der Waals surface area contributed by atoms with Crippen LogP contribution in [0.4, 0.5) is 0 Å². The van der Waals surface area contributed by atoms with Crippen LogP contribution in [0.2, 0.25) is 0 Å². The molecule has 0 bridgehead atoms. The summed E-state index contributed by atoms with van der Waals surface area (Å²) in [6.45, 7) is 3.42. The minimum atomic E-state index is -2.24. The fourth-order valence-corrected chi connectivity index (χ4v) is 1.35. The second kappa shape index (κ2) is 5.89. The Hall–Kier alpha value is -1.85. The Balaban J connectivity index is 4.94. The second-order valence-electron chi connectivity index (χ2n) is 3.44. The number of unbranched alkanes of at least 4 members (excludes halogenated alkanes) is 1. The van der Waals surface area contributed by atoms with Crippen molar-refractivity contribution >= 4 is 17.9 Å². The van der Waals surface area contributed by atoms with E-state index in [9.17, 15) is 14.4 Å². The highest BCUT2D eigenvalue weighted by Crippen LogP contribution is 2.30. The van der Waals surface area contributed by atoms with Gasteiger partial charge >= 0.3 is 17.9 Å². The van der Waals surface area contributed by atoms with Crippen LogP contribution in [0, 0.1) is 5.41 Å². The molecule has 0 spiro atoms. The van der Waals surface area contributed by atoms with Crippen molar-refractivity contribution in [1.82, 2.24) is 0 Å². The summed E-state index contributed by atoms with van der Waals surface area (Å²) in [6, 6.07) is 0. The summed E-state index contributed by atoms with van der Waals surface area (Å²) in [4.78, 5) is 32.4. The minimum absolute atomic E-state index is 0.226. The molecule has 0 saturated carbocycles. The predicted molar refractivity (Wildman–Crippen MR) is 54.0 cm³/mol. The molecular formula is C10H14O6. The van der Waals surface area contributed by atoms with Gasteiger partial charge in [-0.05, 0) is 19.3 Å². The van der Waals surface area contributed by atoms with E-state index in [0.29, 0.717) is 6.42 Å². The highest BCUT2D eigenvalue weighted by molar-refractivity contribution is 6.01. The van der Waals surface area contributed by atoms with Gasteiger partial charge in [-0.2, -0.15) is 0 Å². The lowest BCUT2D eigenvalue weighted by molar-refractivity contribution is -0.170. The van der Waals surface area contributed by atoms with E-state index < -0.39 is 29.7 Å². The standard InChI is InChI=1S/C10H14O6/c1-2-3-4-5-10(8(13)14,9(15)16)6-7(11)12/h2H,1,3-6H2,(H,11,12)(H,13,14)(H,15,16). The van der Waals surface area contributed by atoms with Crippen molar-refractivity contribution in [1.29, 1.82) is 0 Å². The highest BCUT2D eigenvalue weighted by Gasteiger charge is 2.47. The molecule has 0 unspecified atom stereocenters. The zero-order valence-electron chi connectivity index (χ0n) is 8.68. The molecule has 0 aromatic heterocycles. The normalized spacial score (nSPS) is 10.8. The Bertz CT molecular complexity index is 292. The molecule has 0 atom stereocenters. The van der Waals surface area contributed by atoms with Crippen LogP contribution in [0.5, 0.6) is 0 Å². The summed E-state index contributed by atoms with van der Waals surface area (Å²) in [7, 11) is 0. The molecule has 0 amide bonds. The zero-order chi connectivity index (χ0) is 12.8. The first-order chi connectivity index (χ1) is 7.36. The quantitative estimate of drug-likeness (QED) is 0.325. The fourth-order valence-electron chi connectivity index (χ4n) is 1.35. The van der Waals surface area contributed by atoms with Crippen LogP contribution < -0.4 is 0 Å². The van der Waals surface area contributed by atoms with E-state index >= 15 is 0 Å². The Morgan fingerprint density at radius 1 is 1.12 bits per heavy atom. The zero-order valence-corrected chi connectivity index (χ0v) is 8.68. The van der Waals surface area contributed by atoms with Crippen LogP contribution in [-0.4, -0.2) is 33.2 Å². The van der Waals surface area contributed by atoms with Crippen LogP contribution in [0.3, 0.4) is 0 Å². The molecule has 90 valence electrons. The number of carbonyl (C=O) groups is 3. The number of rotatable bonds is 8. The molecule has 0 fully saturated rings. The third kappa shape index (κ3) is 3.38. The second-order valence-corrected chi connectivity index (χ2v) is 3.44. The van der Waals surface area contributed by atoms with Gasteiger partial charge in [0.05, 0.1) is 6.42 Å². The molecule has 0 heterocycles. The molecule has 0 saturated heterocycles. The maximum Gasteiger partial charge on any atom is 0.321 e. The number of hydrogen-bond acceptors (Lipinski definition) is 3. The van der Waals surface area contributed by atoms with E-state index in [0.717, 1.165) is 0 Å². The number of allylic oxidation sites excluding steroid dienone is 1. The Morgan fingerprint density at radius 3 is 1.94 bits per heavy atom. The monoisotopic (exact) mass is 230 g/mol. The van der Waals surface area contributed by atoms with E-state index in [1.165, 1.54) is 6.08 Å². The predicted octanol–water partition coefficient (Wildman–Crippen LogP) is 0.973. The van der Waals surface area contributed by atoms with Crippen molar-refractivity contribution in [3.63, 3.8) is 0 Å². The largest absolute Gasteiger partial charge is 0.481 e. The van der Waals surface area contributed by atoms with Gasteiger partial charge < -0.3 is 15.3 Å². The van der Waals surface area contributed by atoms with E-state index in [4.69, 9.17) is 15.3 Å². The van der Waals surface area contributed by atoms with E-state index in [-0.39, 0.29) is 12.8 Å². The van der Waals surface area contributed by atoms with Gasteiger partial charge in [-0.15, -0.1) is 6.58 Å². The summed E-state index contributed by atoms with van der Waals surface area (Å²) in [5.41, 5.74) is -2.24. The molecular weight excluding hydrogens is 216 g/mol. The first-order valence-corrected chi connectivity index (χ1v) is 4.66. The third-order valence-electron chi connectivity index (χ3n) is 2.28.